The number of hydrogen-bond donors (Lipinski definition) is 2. The largest absolute Gasteiger partial charge is 0.496 e. The predicted molar refractivity (Wildman–Crippen MR) is 123 cm³/mol. The van der Waals surface area contributed by atoms with E-state index in [1.807, 2.05) is 63.3 Å². The van der Waals surface area contributed by atoms with Crippen LogP contribution in [0.15, 0.2) is 36.4 Å². The van der Waals surface area contributed by atoms with Gasteiger partial charge in [-0.1, -0.05) is 42.5 Å². The number of carboxylic acids is 1. The fourth-order valence-corrected chi connectivity index (χ4v) is 3.51. The smallest absolute Gasteiger partial charge is 0.408 e. The van der Waals surface area contributed by atoms with Gasteiger partial charge in [0.1, 0.15) is 24.1 Å². The Bertz CT molecular complexity index is 968. The lowest BCUT2D eigenvalue weighted by Crippen LogP contribution is -2.40. The number of methoxy groups -OCH3 is 2. The molecule has 7 heteroatoms. The van der Waals surface area contributed by atoms with Crippen molar-refractivity contribution < 1.29 is 28.9 Å². The van der Waals surface area contributed by atoms with Crippen molar-refractivity contribution in [3.8, 4) is 11.5 Å². The van der Waals surface area contributed by atoms with Crippen molar-refractivity contribution in [2.45, 2.75) is 46.3 Å². The van der Waals surface area contributed by atoms with Crippen LogP contribution < -0.4 is 14.8 Å². The maximum absolute atomic E-state index is 12.0. The summed E-state index contributed by atoms with van der Waals surface area (Å²) in [5.74, 6) is 0.445. The second-order valence-corrected chi connectivity index (χ2v) is 7.43. The molecule has 0 aliphatic heterocycles. The molecule has 32 heavy (non-hydrogen) atoms. The number of carboxylic acid groups (broad SMARTS) is 1. The minimum Gasteiger partial charge on any atom is -0.496 e. The number of nitrogens with one attached hydrogen (secondary N) is 1. The average Bonchev–Trinajstić information content (AvgIpc) is 2.78. The third kappa shape index (κ3) is 6.26. The van der Waals surface area contributed by atoms with E-state index in [1.165, 1.54) is 0 Å². The highest BCUT2D eigenvalue weighted by Crippen LogP contribution is 2.38. The van der Waals surface area contributed by atoms with Gasteiger partial charge >= 0.3 is 12.1 Å². The second kappa shape index (κ2) is 11.8. The van der Waals surface area contributed by atoms with E-state index in [2.05, 4.69) is 5.32 Å². The molecule has 2 aromatic carbocycles. The Morgan fingerprint density at radius 3 is 2.22 bits per heavy atom. The Kier molecular flexibility index (Phi) is 9.13. The van der Waals surface area contributed by atoms with Crippen molar-refractivity contribution in [3.63, 3.8) is 0 Å². The van der Waals surface area contributed by atoms with Crippen LogP contribution in [0.3, 0.4) is 0 Å². The molecular weight excluding hydrogens is 410 g/mol. The third-order valence-electron chi connectivity index (χ3n) is 5.35. The molecule has 1 amide bonds. The summed E-state index contributed by atoms with van der Waals surface area (Å²) in [6.07, 6.45) is 3.66. The zero-order chi connectivity index (χ0) is 23.7. The number of amides is 1. The van der Waals surface area contributed by atoms with Crippen LogP contribution in [0.5, 0.6) is 11.5 Å². The molecule has 0 unspecified atom stereocenters. The minimum atomic E-state index is -1.11. The van der Waals surface area contributed by atoms with E-state index in [0.29, 0.717) is 6.42 Å². The van der Waals surface area contributed by atoms with Crippen molar-refractivity contribution in [1.29, 1.82) is 0 Å². The number of allylic oxidation sites excluding steroid dienone is 1. The number of ether oxygens (including phenoxy) is 3. The molecule has 1 atom stereocenters. The van der Waals surface area contributed by atoms with Crippen molar-refractivity contribution in [1.82, 2.24) is 5.32 Å². The van der Waals surface area contributed by atoms with Gasteiger partial charge < -0.3 is 24.6 Å². The standard InChI is InChI=1S/C25H31NO6/c1-16-17(2)23(31-5)20(18(3)22(16)30-4)13-9-10-14-21(24(27)28)26-25(29)32-15-19-11-7-6-8-12-19/h6-9,11-13,21H,10,14-15H2,1-5H3,(H,26,29)(H,27,28)/b13-9-/t21-/m0/s1. The van der Waals surface area contributed by atoms with Crippen molar-refractivity contribution >= 4 is 18.1 Å². The number of rotatable bonds is 10. The summed E-state index contributed by atoms with van der Waals surface area (Å²) in [5, 5.41) is 11.9. The summed E-state index contributed by atoms with van der Waals surface area (Å²) in [5.41, 5.74) is 4.66. The summed E-state index contributed by atoms with van der Waals surface area (Å²) in [7, 11) is 3.26. The zero-order valence-electron chi connectivity index (χ0n) is 19.2. The molecule has 0 aromatic heterocycles. The number of benzene rings is 2. The molecule has 0 heterocycles. The zero-order valence-corrected chi connectivity index (χ0v) is 19.2. The molecule has 0 saturated carbocycles. The van der Waals surface area contributed by atoms with Crippen LogP contribution in [-0.2, 0) is 16.1 Å². The highest BCUT2D eigenvalue weighted by molar-refractivity contribution is 5.79. The molecule has 0 spiro atoms. The summed E-state index contributed by atoms with van der Waals surface area (Å²) < 4.78 is 16.3. The first-order valence-electron chi connectivity index (χ1n) is 10.4. The summed E-state index contributed by atoms with van der Waals surface area (Å²) >= 11 is 0. The van der Waals surface area contributed by atoms with E-state index in [4.69, 9.17) is 14.2 Å². The van der Waals surface area contributed by atoms with E-state index < -0.39 is 18.1 Å². The first-order valence-corrected chi connectivity index (χ1v) is 10.4. The van der Waals surface area contributed by atoms with Crippen molar-refractivity contribution in [2.75, 3.05) is 14.2 Å². The molecule has 0 fully saturated rings. The van der Waals surface area contributed by atoms with Crippen LogP contribution in [0.1, 0.15) is 40.7 Å². The van der Waals surface area contributed by atoms with Gasteiger partial charge in [0.05, 0.1) is 14.2 Å². The lowest BCUT2D eigenvalue weighted by molar-refractivity contribution is -0.139. The number of hydrogen-bond acceptors (Lipinski definition) is 5. The Morgan fingerprint density at radius 2 is 1.62 bits per heavy atom. The quantitative estimate of drug-likeness (QED) is 0.550. The minimum absolute atomic E-state index is 0.0760. The molecule has 2 N–H and O–H groups in total. The third-order valence-corrected chi connectivity index (χ3v) is 5.35. The molecule has 2 rings (SSSR count). The first kappa shape index (κ1) is 24.8. The van der Waals surface area contributed by atoms with Crippen LogP contribution >= 0.6 is 0 Å². The van der Waals surface area contributed by atoms with Gasteiger partial charge in [0.15, 0.2) is 0 Å². The molecule has 0 radical (unpaired) electrons. The normalized spacial score (nSPS) is 11.8. The molecule has 0 aliphatic rings. The van der Waals surface area contributed by atoms with Crippen molar-refractivity contribution in [2.24, 2.45) is 0 Å². The maximum atomic E-state index is 12.0. The van der Waals surface area contributed by atoms with Crippen LogP contribution in [-0.4, -0.2) is 37.4 Å². The SMILES string of the molecule is COc1c(C)c(C)c(OC)c(/C=C\CC[C@H](NC(=O)OCc2ccccc2)C(=O)O)c1C. The van der Waals surface area contributed by atoms with Crippen LogP contribution in [0, 0.1) is 20.8 Å². The van der Waals surface area contributed by atoms with Gasteiger partial charge in [0, 0.05) is 11.1 Å². The Labute approximate surface area is 189 Å². The van der Waals surface area contributed by atoms with Gasteiger partial charge in [-0.05, 0) is 50.3 Å². The lowest BCUT2D eigenvalue weighted by atomic mass is 9.96. The highest BCUT2D eigenvalue weighted by atomic mass is 16.5. The van der Waals surface area contributed by atoms with E-state index in [-0.39, 0.29) is 13.0 Å². The molecule has 7 nitrogen and oxygen atoms in total. The lowest BCUT2D eigenvalue weighted by Gasteiger charge is -2.19. The Hall–Kier alpha value is -3.48. The Balaban J connectivity index is 2.01. The molecule has 0 bridgehead atoms. The number of aliphatic carboxylic acids is 1. The second-order valence-electron chi connectivity index (χ2n) is 7.43. The topological polar surface area (TPSA) is 94.1 Å². The summed E-state index contributed by atoms with van der Waals surface area (Å²) in [6, 6.07) is 8.13. The van der Waals surface area contributed by atoms with Gasteiger partial charge in [-0.3, -0.25) is 0 Å². The number of carbonyl (C=O) groups excluding carboxylic acids is 1. The van der Waals surface area contributed by atoms with Gasteiger partial charge in [-0.25, -0.2) is 9.59 Å². The molecule has 172 valence electrons. The molecular formula is C25H31NO6. The van der Waals surface area contributed by atoms with Gasteiger partial charge in [0.25, 0.3) is 0 Å². The summed E-state index contributed by atoms with van der Waals surface area (Å²) in [4.78, 5) is 23.6. The molecule has 0 saturated heterocycles. The monoisotopic (exact) mass is 441 g/mol. The molecule has 0 aliphatic carbocycles. The maximum Gasteiger partial charge on any atom is 0.408 e. The Morgan fingerprint density at radius 1 is 1.00 bits per heavy atom. The van der Waals surface area contributed by atoms with Gasteiger partial charge in [-0.15, -0.1) is 0 Å². The first-order chi connectivity index (χ1) is 15.3. The summed E-state index contributed by atoms with van der Waals surface area (Å²) in [6.45, 7) is 5.99. The fraction of sp³-hybridized carbons (Fsp3) is 0.360. The van der Waals surface area contributed by atoms with Crippen molar-refractivity contribution in [3.05, 3.63) is 64.2 Å². The van der Waals surface area contributed by atoms with Crippen LogP contribution in [0.2, 0.25) is 0 Å². The average molecular weight is 442 g/mol. The van der Waals surface area contributed by atoms with E-state index in [1.54, 1.807) is 14.2 Å². The van der Waals surface area contributed by atoms with E-state index in [0.717, 1.165) is 39.3 Å². The number of alkyl carbamates (subject to hydrolysis) is 1. The fourth-order valence-electron chi connectivity index (χ4n) is 3.51. The van der Waals surface area contributed by atoms with E-state index >= 15 is 0 Å². The highest BCUT2D eigenvalue weighted by Gasteiger charge is 2.20. The number of carbonyl (C=O) groups is 2. The van der Waals surface area contributed by atoms with Gasteiger partial charge in [-0.2, -0.15) is 0 Å². The van der Waals surface area contributed by atoms with Gasteiger partial charge in [0.2, 0.25) is 0 Å². The van der Waals surface area contributed by atoms with E-state index in [9.17, 15) is 14.7 Å². The molecule has 2 aromatic rings. The van der Waals surface area contributed by atoms with Crippen LogP contribution in [0.4, 0.5) is 4.79 Å². The predicted octanol–water partition coefficient (Wildman–Crippen LogP) is 4.80. The van der Waals surface area contributed by atoms with Crippen LogP contribution in [0.25, 0.3) is 6.08 Å².